The summed E-state index contributed by atoms with van der Waals surface area (Å²) in [7, 11) is 4.05. The molecule has 18 heavy (non-hydrogen) atoms. The van der Waals surface area contributed by atoms with Gasteiger partial charge in [0, 0.05) is 25.0 Å². The van der Waals surface area contributed by atoms with Crippen LogP contribution in [0.4, 0.5) is 5.13 Å². The molecule has 0 aliphatic rings. The molecule has 1 N–H and O–H groups in total. The van der Waals surface area contributed by atoms with Crippen LogP contribution in [0, 0.1) is 6.92 Å². The Morgan fingerprint density at radius 3 is 2.89 bits per heavy atom. The van der Waals surface area contributed by atoms with Crippen LogP contribution in [0.2, 0.25) is 0 Å². The van der Waals surface area contributed by atoms with Crippen LogP contribution >= 0.6 is 38.6 Å². The molecule has 0 amide bonds. The van der Waals surface area contributed by atoms with E-state index in [1.165, 1.54) is 14.2 Å². The molecule has 0 unspecified atom stereocenters. The molecule has 0 spiro atoms. The zero-order valence-corrected chi connectivity index (χ0v) is 13.9. The number of nitrogens with one attached hydrogen (secondary N) is 1. The molecular weight excluding hydrogens is 330 g/mol. The molecule has 2 rings (SSSR count). The van der Waals surface area contributed by atoms with E-state index in [2.05, 4.69) is 56.5 Å². The smallest absolute Gasteiger partial charge is 0.185 e. The van der Waals surface area contributed by atoms with Gasteiger partial charge in [0.15, 0.2) is 5.13 Å². The highest BCUT2D eigenvalue weighted by atomic mass is 79.9. The van der Waals surface area contributed by atoms with E-state index in [0.717, 1.165) is 23.9 Å². The standard InChI is InChI=1S/C12H16BrN3S2/c1-8-10(5-14-2)18-12(15-8)16(3)6-9-4-11(13)17-7-9/h4,7,14H,5-6H2,1-3H3. The van der Waals surface area contributed by atoms with Crippen molar-refractivity contribution in [1.82, 2.24) is 10.3 Å². The number of halogens is 1. The summed E-state index contributed by atoms with van der Waals surface area (Å²) in [6.07, 6.45) is 0. The van der Waals surface area contributed by atoms with E-state index in [1.807, 2.05) is 7.05 Å². The Morgan fingerprint density at radius 2 is 2.28 bits per heavy atom. The summed E-state index contributed by atoms with van der Waals surface area (Å²) in [6.45, 7) is 3.86. The van der Waals surface area contributed by atoms with Crippen molar-refractivity contribution in [2.75, 3.05) is 19.0 Å². The highest BCUT2D eigenvalue weighted by molar-refractivity contribution is 9.11. The molecule has 0 aliphatic heterocycles. The van der Waals surface area contributed by atoms with Gasteiger partial charge in [-0.25, -0.2) is 4.98 Å². The van der Waals surface area contributed by atoms with Crippen LogP contribution in [0.3, 0.4) is 0 Å². The van der Waals surface area contributed by atoms with Crippen molar-refractivity contribution in [1.29, 1.82) is 0 Å². The molecule has 2 aromatic heterocycles. The van der Waals surface area contributed by atoms with Crippen LogP contribution in [0.15, 0.2) is 15.2 Å². The van der Waals surface area contributed by atoms with Crippen LogP contribution in [0.5, 0.6) is 0 Å². The lowest BCUT2D eigenvalue weighted by Crippen LogP contribution is -2.15. The minimum absolute atomic E-state index is 0.890. The van der Waals surface area contributed by atoms with Crippen molar-refractivity contribution in [3.8, 4) is 0 Å². The van der Waals surface area contributed by atoms with Crippen molar-refractivity contribution in [3.63, 3.8) is 0 Å². The van der Waals surface area contributed by atoms with Crippen LogP contribution in [0.1, 0.15) is 16.1 Å². The second-order valence-electron chi connectivity index (χ2n) is 4.15. The summed E-state index contributed by atoms with van der Waals surface area (Å²) < 4.78 is 1.18. The summed E-state index contributed by atoms with van der Waals surface area (Å²) in [5, 5.41) is 6.44. The molecule has 2 heterocycles. The fourth-order valence-electron chi connectivity index (χ4n) is 1.67. The molecule has 0 saturated carbocycles. The van der Waals surface area contributed by atoms with Crippen molar-refractivity contribution >= 4 is 43.7 Å². The lowest BCUT2D eigenvalue weighted by Gasteiger charge is -2.14. The molecule has 98 valence electrons. The van der Waals surface area contributed by atoms with Crippen LogP contribution in [0.25, 0.3) is 0 Å². The summed E-state index contributed by atoms with van der Waals surface area (Å²) >= 11 is 6.98. The van der Waals surface area contributed by atoms with E-state index in [4.69, 9.17) is 0 Å². The second kappa shape index (κ2) is 6.14. The minimum atomic E-state index is 0.890. The Kier molecular flexibility index (Phi) is 4.77. The third kappa shape index (κ3) is 3.32. The number of hydrogen-bond acceptors (Lipinski definition) is 5. The third-order valence-corrected chi connectivity index (χ3v) is 5.41. The summed E-state index contributed by atoms with van der Waals surface area (Å²) in [6, 6.07) is 2.16. The van der Waals surface area contributed by atoms with Crippen molar-refractivity contribution in [2.24, 2.45) is 0 Å². The Hall–Kier alpha value is -0.430. The molecule has 0 radical (unpaired) electrons. The predicted molar refractivity (Wildman–Crippen MR) is 83.7 cm³/mol. The summed E-state index contributed by atoms with van der Waals surface area (Å²) in [4.78, 5) is 8.14. The highest BCUT2D eigenvalue weighted by Gasteiger charge is 2.11. The van der Waals surface area contributed by atoms with Gasteiger partial charge in [-0.2, -0.15) is 0 Å². The van der Waals surface area contributed by atoms with Gasteiger partial charge < -0.3 is 10.2 Å². The number of aryl methyl sites for hydroxylation is 1. The topological polar surface area (TPSA) is 28.2 Å². The molecule has 0 bridgehead atoms. The van der Waals surface area contributed by atoms with Crippen LogP contribution < -0.4 is 10.2 Å². The van der Waals surface area contributed by atoms with Gasteiger partial charge in [0.1, 0.15) is 0 Å². The van der Waals surface area contributed by atoms with E-state index < -0.39 is 0 Å². The monoisotopic (exact) mass is 345 g/mol. The van der Waals surface area contributed by atoms with Crippen molar-refractivity contribution < 1.29 is 0 Å². The van der Waals surface area contributed by atoms with Gasteiger partial charge in [0.25, 0.3) is 0 Å². The maximum absolute atomic E-state index is 4.63. The number of aromatic nitrogens is 1. The quantitative estimate of drug-likeness (QED) is 0.896. The van der Waals surface area contributed by atoms with Crippen LogP contribution in [-0.4, -0.2) is 19.1 Å². The molecule has 0 atom stereocenters. The van der Waals surface area contributed by atoms with E-state index in [9.17, 15) is 0 Å². The Bertz CT molecular complexity index is 521. The van der Waals surface area contributed by atoms with E-state index in [-0.39, 0.29) is 0 Å². The summed E-state index contributed by atoms with van der Waals surface area (Å²) in [5.74, 6) is 0. The van der Waals surface area contributed by atoms with Gasteiger partial charge in [0.2, 0.25) is 0 Å². The van der Waals surface area contributed by atoms with Gasteiger partial charge in [0.05, 0.1) is 9.48 Å². The molecule has 6 heteroatoms. The Labute approximate surface area is 124 Å². The fourth-order valence-corrected chi connectivity index (χ4v) is 3.90. The third-order valence-electron chi connectivity index (χ3n) is 2.59. The number of thiazole rings is 1. The maximum Gasteiger partial charge on any atom is 0.185 e. The first-order valence-electron chi connectivity index (χ1n) is 5.65. The Morgan fingerprint density at radius 1 is 1.50 bits per heavy atom. The molecule has 3 nitrogen and oxygen atoms in total. The lowest BCUT2D eigenvalue weighted by molar-refractivity contribution is 0.822. The van der Waals surface area contributed by atoms with Crippen LogP contribution in [-0.2, 0) is 13.1 Å². The zero-order valence-electron chi connectivity index (χ0n) is 10.7. The molecule has 0 fully saturated rings. The van der Waals surface area contributed by atoms with Gasteiger partial charge >= 0.3 is 0 Å². The number of nitrogens with zero attached hydrogens (tertiary/aromatic N) is 2. The average Bonchev–Trinajstić information content (AvgIpc) is 2.87. The van der Waals surface area contributed by atoms with E-state index in [1.54, 1.807) is 22.7 Å². The lowest BCUT2D eigenvalue weighted by atomic mass is 10.3. The van der Waals surface area contributed by atoms with Gasteiger partial charge in [-0.05, 0) is 46.9 Å². The molecule has 0 aromatic carbocycles. The fraction of sp³-hybridized carbons (Fsp3) is 0.417. The number of rotatable bonds is 5. The molecule has 0 aliphatic carbocycles. The Balaban J connectivity index is 2.08. The van der Waals surface area contributed by atoms with Gasteiger partial charge in [-0.1, -0.05) is 0 Å². The molecular formula is C12H16BrN3S2. The summed E-state index contributed by atoms with van der Waals surface area (Å²) in [5.41, 5.74) is 2.44. The van der Waals surface area contributed by atoms with Gasteiger partial charge in [-0.15, -0.1) is 22.7 Å². The zero-order chi connectivity index (χ0) is 13.1. The average molecular weight is 346 g/mol. The predicted octanol–water partition coefficient (Wildman–Crippen LogP) is 3.63. The first-order valence-corrected chi connectivity index (χ1v) is 8.14. The second-order valence-corrected chi connectivity index (χ2v) is 7.50. The highest BCUT2D eigenvalue weighted by Crippen LogP contribution is 2.28. The number of hydrogen-bond donors (Lipinski definition) is 1. The molecule has 0 saturated heterocycles. The maximum atomic E-state index is 4.63. The normalized spacial score (nSPS) is 10.9. The van der Waals surface area contributed by atoms with E-state index in [0.29, 0.717) is 0 Å². The minimum Gasteiger partial charge on any atom is -0.347 e. The number of thiophene rings is 1. The first-order chi connectivity index (χ1) is 8.60. The van der Waals surface area contributed by atoms with Crippen molar-refractivity contribution in [2.45, 2.75) is 20.0 Å². The largest absolute Gasteiger partial charge is 0.347 e. The van der Waals surface area contributed by atoms with Gasteiger partial charge in [-0.3, -0.25) is 0 Å². The SMILES string of the molecule is CNCc1sc(N(C)Cc2csc(Br)c2)nc1C. The van der Waals surface area contributed by atoms with Crippen molar-refractivity contribution in [3.05, 3.63) is 31.4 Å². The molecule has 2 aromatic rings. The van der Waals surface area contributed by atoms with E-state index >= 15 is 0 Å². The number of anilines is 1. The first kappa shape index (κ1) is 14.0.